The Morgan fingerprint density at radius 3 is 2.56 bits per heavy atom. The van der Waals surface area contributed by atoms with E-state index in [2.05, 4.69) is 86.4 Å². The van der Waals surface area contributed by atoms with Gasteiger partial charge < -0.3 is 14.2 Å². The highest BCUT2D eigenvalue weighted by Crippen LogP contribution is 2.34. The van der Waals surface area contributed by atoms with Crippen LogP contribution >= 0.6 is 11.8 Å². The molecular weight excluding hydrogens is 440 g/mol. The minimum absolute atomic E-state index is 0.0189. The highest BCUT2D eigenvalue weighted by molar-refractivity contribution is 7.99. The van der Waals surface area contributed by atoms with Crippen molar-refractivity contribution >= 4 is 28.6 Å². The van der Waals surface area contributed by atoms with E-state index in [4.69, 9.17) is 9.72 Å². The Kier molecular flexibility index (Phi) is 9.43. The number of nitrogens with zero attached hydrogens (tertiary/aromatic N) is 4. The molecule has 5 nitrogen and oxygen atoms in total. The molecule has 0 saturated carbocycles. The van der Waals surface area contributed by atoms with Gasteiger partial charge in [0, 0.05) is 55.3 Å². The molecule has 0 amide bonds. The van der Waals surface area contributed by atoms with Gasteiger partial charge >= 0.3 is 0 Å². The van der Waals surface area contributed by atoms with Crippen LogP contribution in [0.2, 0.25) is 0 Å². The largest absolute Gasteiger partial charge is 0.385 e. The predicted octanol–water partition coefficient (Wildman–Crippen LogP) is 7.18. The number of benzene rings is 1. The van der Waals surface area contributed by atoms with Gasteiger partial charge in [-0.1, -0.05) is 59.2 Å². The number of rotatable bonds is 12. The van der Waals surface area contributed by atoms with E-state index in [0.29, 0.717) is 5.92 Å². The maximum absolute atomic E-state index is 5.36. The van der Waals surface area contributed by atoms with Gasteiger partial charge in [-0.15, -0.1) is 0 Å². The van der Waals surface area contributed by atoms with E-state index < -0.39 is 0 Å². The van der Waals surface area contributed by atoms with Gasteiger partial charge in [-0.25, -0.2) is 9.97 Å². The van der Waals surface area contributed by atoms with Crippen LogP contribution in [0.15, 0.2) is 46.3 Å². The van der Waals surface area contributed by atoms with E-state index in [-0.39, 0.29) is 5.41 Å². The van der Waals surface area contributed by atoms with Crippen LogP contribution < -0.4 is 4.90 Å². The van der Waals surface area contributed by atoms with Crippen molar-refractivity contribution in [1.29, 1.82) is 0 Å². The van der Waals surface area contributed by atoms with Crippen molar-refractivity contribution in [3.8, 4) is 0 Å². The lowest BCUT2D eigenvalue weighted by Crippen LogP contribution is -2.22. The smallest absolute Gasteiger partial charge is 0.129 e. The first kappa shape index (κ1) is 26.6. The summed E-state index contributed by atoms with van der Waals surface area (Å²) in [5, 5.41) is 0. The molecule has 0 bridgehead atoms. The van der Waals surface area contributed by atoms with Gasteiger partial charge in [-0.2, -0.15) is 0 Å². The Morgan fingerprint density at radius 2 is 1.88 bits per heavy atom. The Morgan fingerprint density at radius 1 is 1.12 bits per heavy atom. The van der Waals surface area contributed by atoms with E-state index >= 15 is 0 Å². The second kappa shape index (κ2) is 12.1. The molecule has 2 heterocycles. The molecule has 3 aromatic rings. The van der Waals surface area contributed by atoms with Gasteiger partial charge in [0.25, 0.3) is 0 Å². The summed E-state index contributed by atoms with van der Waals surface area (Å²) in [5.74, 6) is 2.76. The molecule has 0 aliphatic heterocycles. The maximum atomic E-state index is 5.36. The fourth-order valence-electron chi connectivity index (χ4n) is 4.22. The molecule has 3 rings (SSSR count). The first-order valence-electron chi connectivity index (χ1n) is 12.6. The zero-order valence-electron chi connectivity index (χ0n) is 22.1. The lowest BCUT2D eigenvalue weighted by atomic mass is 9.95. The van der Waals surface area contributed by atoms with E-state index in [9.17, 15) is 0 Å². The molecular formula is C28H42N4OS. The number of methoxy groups -OCH3 is 1. The third-order valence-corrected chi connectivity index (χ3v) is 7.31. The summed E-state index contributed by atoms with van der Waals surface area (Å²) in [6.07, 6.45) is 6.48. The fourth-order valence-corrected chi connectivity index (χ4v) is 5.09. The molecule has 0 spiro atoms. The van der Waals surface area contributed by atoms with Crippen LogP contribution in [0.25, 0.3) is 11.0 Å². The Bertz CT molecular complexity index is 1060. The standard InChI is InChI=1S/C28H42N4OS/c1-8-10-16-31(6)26-19-23(13-15-29-26)34-22-11-12-25-24(18-22)30-27(28(3,4)5)32(25)20-21(9-2)14-17-33-7/h11-13,15,18-19,21H,8-10,14,16-17,20H2,1-7H3. The van der Waals surface area contributed by atoms with Crippen LogP contribution in [0.1, 0.15) is 66.1 Å². The zero-order valence-corrected chi connectivity index (χ0v) is 22.9. The second-order valence-corrected chi connectivity index (χ2v) is 11.4. The molecule has 186 valence electrons. The number of fused-ring (bicyclic) bond motifs is 1. The SMILES string of the molecule is CCCCN(C)c1cc(Sc2ccc3c(c2)nc(C(C)(C)C)n3CC(CC)CCOC)ccn1. The second-order valence-electron chi connectivity index (χ2n) is 10.2. The summed E-state index contributed by atoms with van der Waals surface area (Å²) in [6.45, 7) is 14.1. The van der Waals surface area contributed by atoms with E-state index in [0.717, 1.165) is 49.7 Å². The molecule has 1 aromatic carbocycles. The Labute approximate surface area is 210 Å². The average Bonchev–Trinajstić information content (AvgIpc) is 3.18. The van der Waals surface area contributed by atoms with E-state index in [1.54, 1.807) is 18.9 Å². The van der Waals surface area contributed by atoms with Gasteiger partial charge in [0.15, 0.2) is 0 Å². The zero-order chi connectivity index (χ0) is 24.7. The van der Waals surface area contributed by atoms with E-state index in [1.165, 1.54) is 28.1 Å². The monoisotopic (exact) mass is 482 g/mol. The number of imidazole rings is 1. The van der Waals surface area contributed by atoms with Crippen LogP contribution in [0, 0.1) is 5.92 Å². The third-order valence-electron chi connectivity index (χ3n) is 6.33. The average molecular weight is 483 g/mol. The third kappa shape index (κ3) is 6.76. The predicted molar refractivity (Wildman–Crippen MR) is 145 cm³/mol. The minimum Gasteiger partial charge on any atom is -0.385 e. The van der Waals surface area contributed by atoms with Gasteiger partial charge in [-0.3, -0.25) is 0 Å². The lowest BCUT2D eigenvalue weighted by Gasteiger charge is -2.23. The molecule has 6 heteroatoms. The van der Waals surface area contributed by atoms with Gasteiger partial charge in [-0.05, 0) is 49.1 Å². The van der Waals surface area contributed by atoms with Gasteiger partial charge in [0.1, 0.15) is 11.6 Å². The number of unbranched alkanes of at least 4 members (excludes halogenated alkanes) is 1. The maximum Gasteiger partial charge on any atom is 0.129 e. The topological polar surface area (TPSA) is 43.2 Å². The highest BCUT2D eigenvalue weighted by Gasteiger charge is 2.24. The van der Waals surface area contributed by atoms with Gasteiger partial charge in [0.05, 0.1) is 11.0 Å². The molecule has 0 radical (unpaired) electrons. The van der Waals surface area contributed by atoms with Crippen molar-refractivity contribution in [2.75, 3.05) is 32.2 Å². The summed E-state index contributed by atoms with van der Waals surface area (Å²) in [6, 6.07) is 11.0. The fraction of sp³-hybridized carbons (Fsp3) is 0.571. The van der Waals surface area contributed by atoms with Crippen LogP contribution in [0.4, 0.5) is 5.82 Å². The van der Waals surface area contributed by atoms with Crippen LogP contribution in [-0.4, -0.2) is 41.8 Å². The molecule has 0 fully saturated rings. The quantitative estimate of drug-likeness (QED) is 0.273. The Balaban J connectivity index is 1.88. The molecule has 34 heavy (non-hydrogen) atoms. The number of hydrogen-bond acceptors (Lipinski definition) is 5. The molecule has 0 N–H and O–H groups in total. The van der Waals surface area contributed by atoms with E-state index in [1.807, 2.05) is 6.20 Å². The number of anilines is 1. The van der Waals surface area contributed by atoms with Crippen molar-refractivity contribution in [3.05, 3.63) is 42.4 Å². The lowest BCUT2D eigenvalue weighted by molar-refractivity contribution is 0.171. The van der Waals surface area contributed by atoms with Crippen molar-refractivity contribution in [3.63, 3.8) is 0 Å². The van der Waals surface area contributed by atoms with Crippen molar-refractivity contribution in [1.82, 2.24) is 14.5 Å². The summed E-state index contributed by atoms with van der Waals surface area (Å²) in [5.41, 5.74) is 2.28. The van der Waals surface area contributed by atoms with Crippen molar-refractivity contribution < 1.29 is 4.74 Å². The highest BCUT2D eigenvalue weighted by atomic mass is 32.2. The molecule has 2 aromatic heterocycles. The Hall–Kier alpha value is -2.05. The minimum atomic E-state index is -0.0189. The van der Waals surface area contributed by atoms with Crippen LogP contribution in [0.5, 0.6) is 0 Å². The van der Waals surface area contributed by atoms with Crippen LogP contribution in [0.3, 0.4) is 0 Å². The summed E-state index contributed by atoms with van der Waals surface area (Å²) < 4.78 is 7.80. The van der Waals surface area contributed by atoms with Crippen molar-refractivity contribution in [2.24, 2.45) is 5.92 Å². The number of hydrogen-bond donors (Lipinski definition) is 0. The molecule has 0 saturated heterocycles. The molecule has 1 unspecified atom stereocenters. The first-order chi connectivity index (χ1) is 16.3. The number of pyridine rings is 1. The summed E-state index contributed by atoms with van der Waals surface area (Å²) in [7, 11) is 3.91. The number of ether oxygens (including phenoxy) is 1. The summed E-state index contributed by atoms with van der Waals surface area (Å²) in [4.78, 5) is 14.3. The normalized spacial score (nSPS) is 12.9. The van der Waals surface area contributed by atoms with Crippen LogP contribution in [-0.2, 0) is 16.7 Å². The molecule has 1 atom stereocenters. The first-order valence-corrected chi connectivity index (χ1v) is 13.4. The molecule has 0 aliphatic rings. The molecule has 0 aliphatic carbocycles. The van der Waals surface area contributed by atoms with Gasteiger partial charge in [0.2, 0.25) is 0 Å². The van der Waals surface area contributed by atoms with Crippen molar-refractivity contribution in [2.45, 2.75) is 82.1 Å². The summed E-state index contributed by atoms with van der Waals surface area (Å²) >= 11 is 1.78. The number of aromatic nitrogens is 3.